The van der Waals surface area contributed by atoms with Crippen LogP contribution >= 0.6 is 0 Å². The van der Waals surface area contributed by atoms with E-state index in [4.69, 9.17) is 10.5 Å². The Labute approximate surface area is 255 Å². The molecule has 236 valence electrons. The van der Waals surface area contributed by atoms with Gasteiger partial charge < -0.3 is 31.5 Å². The molecule has 0 spiro atoms. The molecule has 5 unspecified atom stereocenters. The number of carbonyl (C=O) groups excluding carboxylic acids is 4. The molecule has 2 rings (SSSR count). The number of alkyl carbamates (subject to hydrolysis) is 1. The molecule has 2 aromatic carbocycles. The zero-order valence-electron chi connectivity index (χ0n) is 26.1. The summed E-state index contributed by atoms with van der Waals surface area (Å²) in [4.78, 5) is 51.2. The normalized spacial score (nSPS) is 15.0. The van der Waals surface area contributed by atoms with Crippen LogP contribution in [0.15, 0.2) is 60.7 Å². The van der Waals surface area contributed by atoms with E-state index in [0.29, 0.717) is 12.8 Å². The van der Waals surface area contributed by atoms with Gasteiger partial charge in [0.15, 0.2) is 0 Å². The van der Waals surface area contributed by atoms with Crippen molar-refractivity contribution in [3.63, 3.8) is 0 Å². The molecule has 4 amide bonds. The van der Waals surface area contributed by atoms with Gasteiger partial charge in [-0.3, -0.25) is 14.4 Å². The van der Waals surface area contributed by atoms with Crippen LogP contribution in [0.3, 0.4) is 0 Å². The summed E-state index contributed by atoms with van der Waals surface area (Å²) >= 11 is 0. The van der Waals surface area contributed by atoms with E-state index in [-0.39, 0.29) is 18.8 Å². The largest absolute Gasteiger partial charge is 0.444 e. The van der Waals surface area contributed by atoms with Crippen molar-refractivity contribution < 1.29 is 29.0 Å². The summed E-state index contributed by atoms with van der Waals surface area (Å²) < 4.78 is 5.39. The van der Waals surface area contributed by atoms with Crippen molar-refractivity contribution in [1.29, 1.82) is 0 Å². The first-order valence-corrected chi connectivity index (χ1v) is 14.8. The minimum Gasteiger partial charge on any atom is -0.444 e. The van der Waals surface area contributed by atoms with Crippen molar-refractivity contribution >= 4 is 23.8 Å². The Balaban J connectivity index is 2.11. The second kappa shape index (κ2) is 16.6. The molecule has 0 saturated carbocycles. The fourth-order valence-corrected chi connectivity index (χ4v) is 4.61. The van der Waals surface area contributed by atoms with E-state index in [2.05, 4.69) is 16.0 Å². The second-order valence-corrected chi connectivity index (χ2v) is 12.5. The van der Waals surface area contributed by atoms with Crippen LogP contribution in [0, 0.1) is 11.8 Å². The Morgan fingerprint density at radius 3 is 1.77 bits per heavy atom. The predicted octanol–water partition coefficient (Wildman–Crippen LogP) is 3.25. The number of benzene rings is 2. The molecule has 2 aromatic rings. The molecule has 0 aromatic heterocycles. The van der Waals surface area contributed by atoms with Crippen LogP contribution in [-0.2, 0) is 32.0 Å². The molecule has 0 saturated heterocycles. The maximum Gasteiger partial charge on any atom is 0.407 e. The van der Waals surface area contributed by atoms with Crippen molar-refractivity contribution in [3.8, 4) is 0 Å². The maximum atomic E-state index is 13.3. The van der Waals surface area contributed by atoms with E-state index in [9.17, 15) is 24.3 Å². The van der Waals surface area contributed by atoms with Crippen LogP contribution in [0.1, 0.15) is 65.5 Å². The van der Waals surface area contributed by atoms with E-state index in [0.717, 1.165) is 11.1 Å². The summed E-state index contributed by atoms with van der Waals surface area (Å²) in [7, 11) is 0. The first-order valence-electron chi connectivity index (χ1n) is 14.8. The Bertz CT molecular complexity index is 1180. The highest BCUT2D eigenvalue weighted by Gasteiger charge is 2.31. The number of carbonyl (C=O) groups is 4. The predicted molar refractivity (Wildman–Crippen MR) is 166 cm³/mol. The van der Waals surface area contributed by atoms with Gasteiger partial charge in [-0.25, -0.2) is 4.79 Å². The van der Waals surface area contributed by atoms with Gasteiger partial charge in [-0.15, -0.1) is 0 Å². The van der Waals surface area contributed by atoms with Crippen molar-refractivity contribution in [2.24, 2.45) is 17.6 Å². The molecule has 43 heavy (non-hydrogen) atoms. The zero-order chi connectivity index (χ0) is 32.2. The molecular formula is C33H48N4O6. The minimum atomic E-state index is -1.09. The van der Waals surface area contributed by atoms with Crippen LogP contribution in [0.4, 0.5) is 4.79 Å². The van der Waals surface area contributed by atoms with Gasteiger partial charge in [0.25, 0.3) is 0 Å². The number of amides is 4. The quantitative estimate of drug-likeness (QED) is 0.212. The number of hydrogen-bond acceptors (Lipinski definition) is 6. The number of hydrogen-bond donors (Lipinski definition) is 5. The van der Waals surface area contributed by atoms with Gasteiger partial charge in [-0.1, -0.05) is 81.4 Å². The average Bonchev–Trinajstić information content (AvgIpc) is 2.91. The highest BCUT2D eigenvalue weighted by atomic mass is 16.6. The van der Waals surface area contributed by atoms with Crippen molar-refractivity contribution in [2.45, 2.75) is 97.1 Å². The lowest BCUT2D eigenvalue weighted by molar-refractivity contribution is -0.133. The number of primary amides is 1. The van der Waals surface area contributed by atoms with E-state index in [1.54, 1.807) is 27.7 Å². The molecule has 0 fully saturated rings. The molecule has 10 heteroatoms. The molecular weight excluding hydrogens is 548 g/mol. The molecule has 0 radical (unpaired) electrons. The fourth-order valence-electron chi connectivity index (χ4n) is 4.61. The van der Waals surface area contributed by atoms with Crippen LogP contribution in [0.25, 0.3) is 0 Å². The Morgan fingerprint density at radius 1 is 0.767 bits per heavy atom. The molecule has 6 N–H and O–H groups in total. The molecule has 5 atom stereocenters. The average molecular weight is 597 g/mol. The number of aliphatic hydroxyl groups is 1. The van der Waals surface area contributed by atoms with Crippen molar-refractivity contribution in [2.75, 3.05) is 0 Å². The summed E-state index contributed by atoms with van der Waals surface area (Å²) in [5.41, 5.74) is 6.59. The smallest absolute Gasteiger partial charge is 0.407 e. The summed E-state index contributed by atoms with van der Waals surface area (Å²) in [6.45, 7) is 10.7. The van der Waals surface area contributed by atoms with E-state index in [1.165, 1.54) is 0 Å². The third-order valence-corrected chi connectivity index (χ3v) is 6.79. The van der Waals surface area contributed by atoms with Gasteiger partial charge in [-0.2, -0.15) is 0 Å². The molecule has 0 aliphatic heterocycles. The number of rotatable bonds is 15. The molecule has 0 bridgehead atoms. The van der Waals surface area contributed by atoms with Crippen molar-refractivity contribution in [1.82, 2.24) is 16.0 Å². The number of ether oxygens (including phenoxy) is 1. The van der Waals surface area contributed by atoms with Gasteiger partial charge in [0.05, 0.1) is 12.1 Å². The maximum absolute atomic E-state index is 13.3. The Kier molecular flexibility index (Phi) is 13.7. The van der Waals surface area contributed by atoms with E-state index in [1.807, 2.05) is 74.5 Å². The number of nitrogens with one attached hydrogen (secondary N) is 3. The standard InChI is InChI=1S/C33H48N4O6/c1-21(2)17-27(31(41)35-26(29(34)39)20-24-15-11-8-12-16-24)36-30(40)22(3)18-28(38)25(19-23-13-9-7-10-14-23)37-32(42)43-33(4,5)6/h7-16,21-22,25-28,38H,17-20H2,1-6H3,(H2,34,39)(H,35,41)(H,36,40)(H,37,42). The fraction of sp³-hybridized carbons (Fsp3) is 0.515. The minimum absolute atomic E-state index is 0.0209. The van der Waals surface area contributed by atoms with Gasteiger partial charge in [-0.05, 0) is 57.1 Å². The summed E-state index contributed by atoms with van der Waals surface area (Å²) in [5.74, 6) is -2.26. The van der Waals surface area contributed by atoms with Gasteiger partial charge in [0.1, 0.15) is 17.7 Å². The molecule has 10 nitrogen and oxygen atoms in total. The molecule has 0 heterocycles. The van der Waals surface area contributed by atoms with Crippen molar-refractivity contribution in [3.05, 3.63) is 71.8 Å². The first kappa shape index (κ1) is 35.3. The van der Waals surface area contributed by atoms with Gasteiger partial charge in [0.2, 0.25) is 17.7 Å². The van der Waals surface area contributed by atoms with Crippen LogP contribution in [0.5, 0.6) is 0 Å². The number of aliphatic hydroxyl groups excluding tert-OH is 1. The first-order chi connectivity index (χ1) is 20.1. The van der Waals surface area contributed by atoms with Gasteiger partial charge in [0, 0.05) is 12.3 Å². The lowest BCUT2D eigenvalue weighted by Crippen LogP contribution is -2.55. The van der Waals surface area contributed by atoms with Crippen LogP contribution in [-0.4, -0.2) is 58.8 Å². The molecule has 0 aliphatic rings. The van der Waals surface area contributed by atoms with Crippen LogP contribution in [0.2, 0.25) is 0 Å². The summed E-state index contributed by atoms with van der Waals surface area (Å²) in [6, 6.07) is 16.0. The monoisotopic (exact) mass is 596 g/mol. The van der Waals surface area contributed by atoms with E-state index < -0.39 is 59.6 Å². The third kappa shape index (κ3) is 13.3. The SMILES string of the molecule is CC(C)CC(NC(=O)C(C)CC(O)C(Cc1ccccc1)NC(=O)OC(C)(C)C)C(=O)NC(Cc1ccccc1)C(N)=O. The Hall–Kier alpha value is -3.92. The zero-order valence-corrected chi connectivity index (χ0v) is 26.1. The third-order valence-electron chi connectivity index (χ3n) is 6.79. The number of nitrogens with two attached hydrogens (primary N) is 1. The summed E-state index contributed by atoms with van der Waals surface area (Å²) in [5, 5.41) is 19.4. The Morgan fingerprint density at radius 2 is 1.28 bits per heavy atom. The lowest BCUT2D eigenvalue weighted by Gasteiger charge is -2.29. The second-order valence-electron chi connectivity index (χ2n) is 12.5. The highest BCUT2D eigenvalue weighted by Crippen LogP contribution is 2.16. The lowest BCUT2D eigenvalue weighted by atomic mass is 9.93. The topological polar surface area (TPSA) is 160 Å². The molecule has 0 aliphatic carbocycles. The summed E-state index contributed by atoms with van der Waals surface area (Å²) in [6.07, 6.45) is -0.855. The highest BCUT2D eigenvalue weighted by molar-refractivity contribution is 5.92. The van der Waals surface area contributed by atoms with Gasteiger partial charge >= 0.3 is 6.09 Å². The van der Waals surface area contributed by atoms with E-state index >= 15 is 0 Å². The van der Waals surface area contributed by atoms with Crippen LogP contribution < -0.4 is 21.7 Å².